The van der Waals surface area contributed by atoms with Gasteiger partial charge in [0.15, 0.2) is 9.84 Å². The third kappa shape index (κ3) is 3.48. The largest absolute Gasteiger partial charge is 0.399 e. The van der Waals surface area contributed by atoms with Gasteiger partial charge in [-0.15, -0.1) is 15.5 Å². The topological polar surface area (TPSA) is 47.3 Å². The van der Waals surface area contributed by atoms with Crippen LogP contribution in [0.5, 0.6) is 0 Å². The second kappa shape index (κ2) is 5.32. The van der Waals surface area contributed by atoms with Crippen molar-refractivity contribution in [3.8, 4) is 0 Å². The predicted molar refractivity (Wildman–Crippen MR) is 101 cm³/mol. The Kier molecular flexibility index (Phi) is 3.63. The van der Waals surface area contributed by atoms with Gasteiger partial charge in [0.05, 0.1) is 23.3 Å². The van der Waals surface area contributed by atoms with Gasteiger partial charge >= 0.3 is 0 Å². The molecule has 0 amide bonds. The van der Waals surface area contributed by atoms with Crippen LogP contribution in [0, 0.1) is 5.92 Å². The Bertz CT molecular complexity index is 901. The maximum absolute atomic E-state index is 13.9. The molecule has 1 unspecified atom stereocenters. The summed E-state index contributed by atoms with van der Waals surface area (Å²) in [5, 5.41) is 3.33. The molecule has 2 heterocycles. The Labute approximate surface area is 155 Å². The molecule has 3 nitrogen and oxygen atoms in total. The van der Waals surface area contributed by atoms with E-state index in [1.165, 1.54) is 6.07 Å². The highest BCUT2D eigenvalue weighted by Gasteiger charge is 2.59. The van der Waals surface area contributed by atoms with Crippen molar-refractivity contribution in [3.63, 3.8) is 0 Å². The Balaban J connectivity index is 1.81. The van der Waals surface area contributed by atoms with E-state index in [1.54, 1.807) is 6.07 Å². The molecule has 148 valence electrons. The van der Waals surface area contributed by atoms with E-state index in [9.17, 15) is 15.5 Å². The molecule has 4 rings (SSSR count). The molecule has 0 aliphatic carbocycles. The van der Waals surface area contributed by atoms with Crippen LogP contribution >= 0.6 is 9.84 Å². The molecule has 2 aromatic carbocycles. The molecule has 3 N–H and O–H groups in total. The second-order valence-electron chi connectivity index (χ2n) is 7.62. The van der Waals surface area contributed by atoms with Crippen LogP contribution in [0.2, 0.25) is 0 Å². The van der Waals surface area contributed by atoms with E-state index in [0.29, 0.717) is 23.5 Å². The summed E-state index contributed by atoms with van der Waals surface area (Å²) in [5.74, 6) is -0.0564. The van der Waals surface area contributed by atoms with Gasteiger partial charge in [0.25, 0.3) is 0 Å². The summed E-state index contributed by atoms with van der Waals surface area (Å²) in [6.45, 7) is 0.474. The van der Waals surface area contributed by atoms with Crippen LogP contribution < -0.4 is 11.1 Å². The SMILES string of the molecule is CS(F)(F)(F)(F)c1ccc2c(c1)C1OCCC[C@H]1[C@H](c1cccc(N)c1)N2. The maximum Gasteiger partial charge on any atom is 0.184 e. The smallest absolute Gasteiger partial charge is 0.184 e. The minimum Gasteiger partial charge on any atom is -0.399 e. The summed E-state index contributed by atoms with van der Waals surface area (Å²) < 4.78 is 61.6. The zero-order valence-electron chi connectivity index (χ0n) is 14.8. The normalized spacial score (nSPS) is 27.5. The molecule has 0 spiro atoms. The fourth-order valence-electron chi connectivity index (χ4n) is 4.05. The molecule has 2 aliphatic heterocycles. The number of nitrogen functional groups attached to an aromatic ring is 1. The summed E-state index contributed by atoms with van der Waals surface area (Å²) in [4.78, 5) is -1.22. The van der Waals surface area contributed by atoms with Gasteiger partial charge in [-0.25, -0.2) is 0 Å². The van der Waals surface area contributed by atoms with E-state index >= 15 is 0 Å². The van der Waals surface area contributed by atoms with Crippen LogP contribution in [0.25, 0.3) is 0 Å². The first kappa shape index (κ1) is 18.4. The summed E-state index contributed by atoms with van der Waals surface area (Å²) in [6.07, 6.45) is 0.866. The average molecular weight is 402 g/mol. The zero-order chi connectivity index (χ0) is 19.5. The summed E-state index contributed by atoms with van der Waals surface area (Å²) in [5.41, 5.74) is 8.40. The van der Waals surface area contributed by atoms with Gasteiger partial charge < -0.3 is 15.8 Å². The molecule has 1 fully saturated rings. The molecule has 0 radical (unpaired) electrons. The molecule has 8 heteroatoms. The molecule has 27 heavy (non-hydrogen) atoms. The van der Waals surface area contributed by atoms with E-state index in [2.05, 4.69) is 5.32 Å². The first-order valence-corrected chi connectivity index (χ1v) is 11.3. The second-order valence-corrected chi connectivity index (χ2v) is 11.0. The van der Waals surface area contributed by atoms with Crippen LogP contribution in [-0.4, -0.2) is 12.9 Å². The molecule has 0 bridgehead atoms. The molecular weight excluding hydrogens is 380 g/mol. The highest BCUT2D eigenvalue weighted by Crippen LogP contribution is 2.98. The van der Waals surface area contributed by atoms with Crippen LogP contribution in [0.1, 0.15) is 36.1 Å². The Hall–Kier alpha value is -1.93. The molecular formula is C19H22F4N2OS. The third-order valence-electron chi connectivity index (χ3n) is 5.30. The van der Waals surface area contributed by atoms with Crippen molar-refractivity contribution in [2.75, 3.05) is 23.9 Å². The summed E-state index contributed by atoms with van der Waals surface area (Å²) >= 11 is 0. The average Bonchev–Trinajstić information content (AvgIpc) is 2.58. The van der Waals surface area contributed by atoms with E-state index in [-0.39, 0.29) is 18.2 Å². The number of nitrogens with two attached hydrogens (primary N) is 1. The van der Waals surface area contributed by atoms with E-state index in [1.807, 2.05) is 18.2 Å². The predicted octanol–water partition coefficient (Wildman–Crippen LogP) is 6.31. The Morgan fingerprint density at radius 1 is 1.11 bits per heavy atom. The highest BCUT2D eigenvalue weighted by atomic mass is 32.5. The van der Waals surface area contributed by atoms with Crippen molar-refractivity contribution < 1.29 is 20.3 Å². The number of nitrogens with one attached hydrogen (secondary N) is 1. The Morgan fingerprint density at radius 2 is 1.89 bits per heavy atom. The van der Waals surface area contributed by atoms with Gasteiger partial charge in [0.2, 0.25) is 0 Å². The lowest BCUT2D eigenvalue weighted by molar-refractivity contribution is -0.0382. The number of hydrogen-bond donors (Lipinski definition) is 2. The van der Waals surface area contributed by atoms with Gasteiger partial charge in [-0.2, -0.15) is 0 Å². The van der Waals surface area contributed by atoms with E-state index in [0.717, 1.165) is 30.5 Å². The minimum atomic E-state index is -8.25. The lowest BCUT2D eigenvalue weighted by Crippen LogP contribution is -2.36. The number of anilines is 2. The monoisotopic (exact) mass is 402 g/mol. The van der Waals surface area contributed by atoms with Crippen LogP contribution in [0.15, 0.2) is 47.4 Å². The van der Waals surface area contributed by atoms with E-state index < -0.39 is 20.8 Å². The molecule has 2 aliphatic rings. The maximum atomic E-state index is 13.9. The van der Waals surface area contributed by atoms with Gasteiger partial charge in [-0.3, -0.25) is 0 Å². The first-order valence-electron chi connectivity index (χ1n) is 8.79. The summed E-state index contributed by atoms with van der Waals surface area (Å²) in [7, 11) is -8.25. The van der Waals surface area contributed by atoms with E-state index in [4.69, 9.17) is 10.5 Å². The molecule has 3 atom stereocenters. The van der Waals surface area contributed by atoms with Crippen LogP contribution in [0.4, 0.5) is 26.9 Å². The van der Waals surface area contributed by atoms with Gasteiger partial charge in [-0.05, 0) is 48.7 Å². The highest BCUT2D eigenvalue weighted by molar-refractivity contribution is 8.49. The lowest BCUT2D eigenvalue weighted by atomic mass is 9.77. The van der Waals surface area contributed by atoms with Crippen molar-refractivity contribution in [2.24, 2.45) is 5.92 Å². The van der Waals surface area contributed by atoms with Crippen molar-refractivity contribution in [3.05, 3.63) is 53.6 Å². The number of hydrogen-bond acceptors (Lipinski definition) is 3. The number of halogens is 4. The van der Waals surface area contributed by atoms with Crippen molar-refractivity contribution in [2.45, 2.75) is 29.9 Å². The number of benzene rings is 2. The number of ether oxygens (including phenoxy) is 1. The van der Waals surface area contributed by atoms with Gasteiger partial charge in [0.1, 0.15) is 0 Å². The molecule has 1 saturated heterocycles. The molecule has 2 aromatic rings. The zero-order valence-corrected chi connectivity index (χ0v) is 15.6. The first-order chi connectivity index (χ1) is 12.4. The minimum absolute atomic E-state index is 0.0564. The standard InChI is InChI=1S/C19H22F4N2OS/c1-27(20,21,22,23)14-7-8-17-16(11-14)19-15(6-3-9-26-19)18(25-17)12-4-2-5-13(24)10-12/h2,4-5,7-8,10-11,15,18-19,25H,3,6,9,24H2,1H3/t15-,18-,19?/m0/s1. The van der Waals surface area contributed by atoms with Crippen molar-refractivity contribution >= 4 is 21.2 Å². The van der Waals surface area contributed by atoms with Crippen molar-refractivity contribution in [1.29, 1.82) is 0 Å². The summed E-state index contributed by atoms with van der Waals surface area (Å²) in [6, 6.07) is 10.4. The quantitative estimate of drug-likeness (QED) is 0.457. The van der Waals surface area contributed by atoms with Crippen LogP contribution in [0.3, 0.4) is 0 Å². The fraction of sp³-hybridized carbons (Fsp3) is 0.368. The van der Waals surface area contributed by atoms with Gasteiger partial charge in [0, 0.05) is 29.5 Å². The Morgan fingerprint density at radius 3 is 2.59 bits per heavy atom. The molecule has 0 saturated carbocycles. The fourth-order valence-corrected chi connectivity index (χ4v) is 4.88. The lowest BCUT2D eigenvalue weighted by Gasteiger charge is -2.48. The van der Waals surface area contributed by atoms with Crippen molar-refractivity contribution in [1.82, 2.24) is 0 Å². The third-order valence-corrected chi connectivity index (χ3v) is 6.74. The van der Waals surface area contributed by atoms with Crippen LogP contribution in [-0.2, 0) is 4.74 Å². The molecule has 0 aromatic heterocycles. The number of fused-ring (bicyclic) bond motifs is 3. The van der Waals surface area contributed by atoms with Gasteiger partial charge in [-0.1, -0.05) is 12.1 Å². The number of rotatable bonds is 2.